The number of rotatable bonds is 4. The number of carbonyl (C=O) groups is 1. The van der Waals surface area contributed by atoms with Crippen LogP contribution in [0.25, 0.3) is 0 Å². The highest BCUT2D eigenvalue weighted by molar-refractivity contribution is 6.35. The highest BCUT2D eigenvalue weighted by atomic mass is 35.5. The molecule has 0 atom stereocenters. The molecule has 0 spiro atoms. The van der Waals surface area contributed by atoms with Crippen LogP contribution in [0, 0.1) is 5.92 Å². The summed E-state index contributed by atoms with van der Waals surface area (Å²) in [5.74, 6) is 0.120. The maximum atomic E-state index is 12.3. The molecule has 1 amide bonds. The van der Waals surface area contributed by atoms with Crippen LogP contribution in [0.1, 0.15) is 18.4 Å². The minimum atomic E-state index is 0.0437. The quantitative estimate of drug-likeness (QED) is 0.883. The van der Waals surface area contributed by atoms with E-state index in [0.717, 1.165) is 43.7 Å². The van der Waals surface area contributed by atoms with E-state index in [9.17, 15) is 4.79 Å². The van der Waals surface area contributed by atoms with Gasteiger partial charge in [0.2, 0.25) is 5.91 Å². The number of nitrogens with one attached hydrogen (secondary N) is 1. The van der Waals surface area contributed by atoms with E-state index in [-0.39, 0.29) is 11.8 Å². The molecule has 3 rings (SSSR count). The molecule has 1 aromatic heterocycles. The largest absolute Gasteiger partial charge is 0.324 e. The molecule has 2 heterocycles. The highest BCUT2D eigenvalue weighted by Crippen LogP contribution is 2.25. The van der Waals surface area contributed by atoms with E-state index in [1.165, 1.54) is 0 Å². The number of hydrogen-bond acceptors (Lipinski definition) is 3. The van der Waals surface area contributed by atoms with Crippen LogP contribution in [0.5, 0.6) is 0 Å². The second-order valence-corrected chi connectivity index (χ2v) is 6.86. The van der Waals surface area contributed by atoms with Crippen molar-refractivity contribution in [1.82, 2.24) is 9.88 Å². The molecule has 1 fully saturated rings. The maximum absolute atomic E-state index is 12.3. The van der Waals surface area contributed by atoms with Crippen molar-refractivity contribution < 1.29 is 4.79 Å². The molecule has 24 heavy (non-hydrogen) atoms. The van der Waals surface area contributed by atoms with Crippen molar-refractivity contribution in [3.05, 3.63) is 58.3 Å². The van der Waals surface area contributed by atoms with Crippen molar-refractivity contribution in [2.75, 3.05) is 18.4 Å². The lowest BCUT2D eigenvalue weighted by atomic mass is 9.95. The van der Waals surface area contributed by atoms with E-state index < -0.39 is 0 Å². The third-order valence-electron chi connectivity index (χ3n) is 4.30. The van der Waals surface area contributed by atoms with Gasteiger partial charge >= 0.3 is 0 Å². The van der Waals surface area contributed by atoms with Gasteiger partial charge in [0.15, 0.2) is 0 Å². The topological polar surface area (TPSA) is 45.2 Å². The van der Waals surface area contributed by atoms with Crippen molar-refractivity contribution in [3.8, 4) is 0 Å². The van der Waals surface area contributed by atoms with Gasteiger partial charge in [0, 0.05) is 28.7 Å². The summed E-state index contributed by atoms with van der Waals surface area (Å²) >= 11 is 12.2. The van der Waals surface area contributed by atoms with Gasteiger partial charge in [0.25, 0.3) is 0 Å². The Hall–Kier alpha value is -1.62. The molecular formula is C18H19Cl2N3O. The molecule has 6 heteroatoms. The number of benzene rings is 1. The summed E-state index contributed by atoms with van der Waals surface area (Å²) < 4.78 is 0. The van der Waals surface area contributed by atoms with E-state index in [1.807, 2.05) is 24.3 Å². The number of carbonyl (C=O) groups excluding carboxylic acids is 1. The van der Waals surface area contributed by atoms with Crippen molar-refractivity contribution in [2.24, 2.45) is 5.92 Å². The summed E-state index contributed by atoms with van der Waals surface area (Å²) in [5, 5.41) is 4.28. The van der Waals surface area contributed by atoms with E-state index in [0.29, 0.717) is 10.0 Å². The van der Waals surface area contributed by atoms with Crippen LogP contribution in [0.3, 0.4) is 0 Å². The fourth-order valence-electron chi connectivity index (χ4n) is 2.93. The molecule has 0 radical (unpaired) electrons. The van der Waals surface area contributed by atoms with Crippen LogP contribution in [0.2, 0.25) is 10.0 Å². The Kier molecular flexibility index (Phi) is 5.72. The van der Waals surface area contributed by atoms with E-state index in [4.69, 9.17) is 23.2 Å². The normalized spacial score (nSPS) is 16.1. The van der Waals surface area contributed by atoms with E-state index >= 15 is 0 Å². The number of piperidine rings is 1. The molecule has 1 aliphatic heterocycles. The second-order valence-electron chi connectivity index (χ2n) is 6.02. The molecule has 1 aliphatic rings. The lowest BCUT2D eigenvalue weighted by Crippen LogP contribution is -2.37. The predicted octanol–water partition coefficient (Wildman–Crippen LogP) is 4.24. The number of nitrogens with zero attached hydrogens (tertiary/aromatic N) is 2. The van der Waals surface area contributed by atoms with Gasteiger partial charge in [-0.2, -0.15) is 0 Å². The monoisotopic (exact) mass is 363 g/mol. The van der Waals surface area contributed by atoms with Gasteiger partial charge in [-0.05, 0) is 55.8 Å². The van der Waals surface area contributed by atoms with Crippen molar-refractivity contribution in [2.45, 2.75) is 19.4 Å². The first-order valence-electron chi connectivity index (χ1n) is 7.99. The molecule has 1 aromatic carbocycles. The van der Waals surface area contributed by atoms with Crippen LogP contribution < -0.4 is 5.32 Å². The fraction of sp³-hybridized carbons (Fsp3) is 0.333. The van der Waals surface area contributed by atoms with Crippen LogP contribution in [0.4, 0.5) is 5.69 Å². The zero-order valence-corrected chi connectivity index (χ0v) is 14.7. The average Bonchev–Trinajstić information content (AvgIpc) is 2.59. The molecule has 1 N–H and O–H groups in total. The summed E-state index contributed by atoms with van der Waals surface area (Å²) in [5.41, 5.74) is 1.82. The first-order valence-corrected chi connectivity index (χ1v) is 8.74. The van der Waals surface area contributed by atoms with Gasteiger partial charge in [-0.15, -0.1) is 0 Å². The molecule has 0 unspecified atom stereocenters. The summed E-state index contributed by atoms with van der Waals surface area (Å²) in [6, 6.07) is 9.26. The fourth-order valence-corrected chi connectivity index (χ4v) is 3.39. The third kappa shape index (κ3) is 4.47. The third-order valence-corrected chi connectivity index (χ3v) is 4.88. The number of hydrogen-bond donors (Lipinski definition) is 1. The second kappa shape index (κ2) is 7.97. The van der Waals surface area contributed by atoms with Crippen LogP contribution in [-0.2, 0) is 11.3 Å². The van der Waals surface area contributed by atoms with Gasteiger partial charge in [-0.25, -0.2) is 0 Å². The Morgan fingerprint density at radius 2 is 2.04 bits per heavy atom. The van der Waals surface area contributed by atoms with Crippen molar-refractivity contribution in [1.29, 1.82) is 0 Å². The number of aromatic nitrogens is 1. The highest BCUT2D eigenvalue weighted by Gasteiger charge is 2.25. The molecule has 0 saturated carbocycles. The van der Waals surface area contributed by atoms with Crippen molar-refractivity contribution >= 4 is 34.8 Å². The Morgan fingerprint density at radius 3 is 2.71 bits per heavy atom. The first-order chi connectivity index (χ1) is 11.6. The predicted molar refractivity (Wildman–Crippen MR) is 97.3 cm³/mol. The molecule has 2 aromatic rings. The molecule has 126 valence electrons. The SMILES string of the molecule is O=C(Nc1cccnc1)C1CCN(Cc2ccc(Cl)cc2Cl)CC1. The average molecular weight is 364 g/mol. The summed E-state index contributed by atoms with van der Waals surface area (Å²) in [7, 11) is 0. The van der Waals surface area contributed by atoms with Gasteiger partial charge in [0.05, 0.1) is 11.9 Å². The Balaban J connectivity index is 1.51. The summed E-state index contributed by atoms with van der Waals surface area (Å²) in [6.45, 7) is 2.54. The molecular weight excluding hydrogens is 345 g/mol. The van der Waals surface area contributed by atoms with Crippen LogP contribution >= 0.6 is 23.2 Å². The zero-order chi connectivity index (χ0) is 16.9. The van der Waals surface area contributed by atoms with Gasteiger partial charge in [-0.3, -0.25) is 14.7 Å². The lowest BCUT2D eigenvalue weighted by molar-refractivity contribution is -0.121. The molecule has 4 nitrogen and oxygen atoms in total. The van der Waals surface area contributed by atoms with Crippen LogP contribution in [-0.4, -0.2) is 28.9 Å². The number of anilines is 1. The Labute approximate surface area is 151 Å². The maximum Gasteiger partial charge on any atom is 0.227 e. The molecule has 1 saturated heterocycles. The standard InChI is InChI=1S/C18H19Cl2N3O/c19-15-4-3-14(17(20)10-15)12-23-8-5-13(6-9-23)18(24)22-16-2-1-7-21-11-16/h1-4,7,10-11,13H,5-6,8-9,12H2,(H,22,24). The number of amides is 1. The number of pyridine rings is 1. The zero-order valence-electron chi connectivity index (χ0n) is 13.2. The Bertz CT molecular complexity index is 701. The van der Waals surface area contributed by atoms with Crippen molar-refractivity contribution in [3.63, 3.8) is 0 Å². The number of halogens is 2. The number of likely N-dealkylation sites (tertiary alicyclic amines) is 1. The molecule has 0 bridgehead atoms. The summed E-state index contributed by atoms with van der Waals surface area (Å²) in [6.07, 6.45) is 5.04. The minimum Gasteiger partial charge on any atom is -0.324 e. The first kappa shape index (κ1) is 17.2. The van der Waals surface area contributed by atoms with E-state index in [2.05, 4.69) is 15.2 Å². The van der Waals surface area contributed by atoms with Crippen LogP contribution in [0.15, 0.2) is 42.7 Å². The smallest absolute Gasteiger partial charge is 0.227 e. The summed E-state index contributed by atoms with van der Waals surface area (Å²) in [4.78, 5) is 18.7. The van der Waals surface area contributed by atoms with Gasteiger partial charge < -0.3 is 5.32 Å². The van der Waals surface area contributed by atoms with Gasteiger partial charge in [0.1, 0.15) is 0 Å². The Morgan fingerprint density at radius 1 is 1.25 bits per heavy atom. The lowest BCUT2D eigenvalue weighted by Gasteiger charge is -2.31. The van der Waals surface area contributed by atoms with E-state index in [1.54, 1.807) is 18.5 Å². The van der Waals surface area contributed by atoms with Gasteiger partial charge in [-0.1, -0.05) is 29.3 Å². The minimum absolute atomic E-state index is 0.0437. The molecule has 0 aliphatic carbocycles.